The zero-order chi connectivity index (χ0) is 23.3. The topological polar surface area (TPSA) is 35.5 Å². The number of ether oxygens (including phenoxy) is 1. The fourth-order valence-electron chi connectivity index (χ4n) is 8.78. The summed E-state index contributed by atoms with van der Waals surface area (Å²) in [5.74, 6) is 5.47. The molecule has 8 atom stereocenters. The maximum absolute atomic E-state index is 11.8. The third-order valence-electron chi connectivity index (χ3n) is 10.4. The predicted octanol–water partition coefficient (Wildman–Crippen LogP) is 7.58. The Morgan fingerprint density at radius 1 is 1.06 bits per heavy atom. The molecule has 0 bridgehead atoms. The average molecular weight is 461 g/mol. The van der Waals surface area contributed by atoms with Crippen molar-refractivity contribution < 1.29 is 14.0 Å². The quantitative estimate of drug-likeness (QED) is 0.303. The van der Waals surface area contributed by atoms with Crippen molar-refractivity contribution in [2.45, 2.75) is 105 Å². The van der Waals surface area contributed by atoms with E-state index in [4.69, 9.17) is 9.16 Å². The highest BCUT2D eigenvalue weighted by molar-refractivity contribution is 6.70. The van der Waals surface area contributed by atoms with Crippen LogP contribution in [0.5, 0.6) is 0 Å². The van der Waals surface area contributed by atoms with E-state index in [1.807, 2.05) is 0 Å². The van der Waals surface area contributed by atoms with Crippen LogP contribution < -0.4 is 0 Å². The molecule has 5 unspecified atom stereocenters. The summed E-state index contributed by atoms with van der Waals surface area (Å²) >= 11 is 0. The molecular formula is C28H48O3Si. The first-order chi connectivity index (χ1) is 15.0. The van der Waals surface area contributed by atoms with Gasteiger partial charge in [0.05, 0.1) is 12.9 Å². The Hall–Kier alpha value is -0.773. The Bertz CT molecular complexity index is 739. The minimum absolute atomic E-state index is 0.0578. The van der Waals surface area contributed by atoms with Crippen molar-refractivity contribution in [3.63, 3.8) is 0 Å². The van der Waals surface area contributed by atoms with Crippen LogP contribution in [-0.4, -0.2) is 21.4 Å². The number of hydrogen-bond acceptors (Lipinski definition) is 3. The fourth-order valence-corrected chi connectivity index (χ4v) is 9.70. The number of esters is 1. The molecule has 32 heavy (non-hydrogen) atoms. The molecule has 0 radical (unpaired) electrons. The van der Waals surface area contributed by atoms with Crippen molar-refractivity contribution >= 4 is 14.3 Å². The van der Waals surface area contributed by atoms with Gasteiger partial charge < -0.3 is 9.16 Å². The first kappa shape index (κ1) is 24.4. The van der Waals surface area contributed by atoms with Gasteiger partial charge in [-0.25, -0.2) is 0 Å². The molecular weight excluding hydrogens is 412 g/mol. The van der Waals surface area contributed by atoms with Gasteiger partial charge in [0.2, 0.25) is 8.32 Å². The van der Waals surface area contributed by atoms with E-state index in [-0.39, 0.29) is 5.97 Å². The summed E-state index contributed by atoms with van der Waals surface area (Å²) < 4.78 is 11.9. The second kappa shape index (κ2) is 8.78. The molecule has 0 heterocycles. The van der Waals surface area contributed by atoms with Gasteiger partial charge in [0.25, 0.3) is 0 Å². The molecule has 3 nitrogen and oxygen atoms in total. The smallest absolute Gasteiger partial charge is 0.305 e. The molecule has 3 fully saturated rings. The van der Waals surface area contributed by atoms with E-state index in [0.717, 1.165) is 18.3 Å². The maximum atomic E-state index is 11.8. The van der Waals surface area contributed by atoms with Gasteiger partial charge in [-0.15, -0.1) is 0 Å². The zero-order valence-electron chi connectivity index (χ0n) is 21.8. The molecule has 0 saturated heterocycles. The van der Waals surface area contributed by atoms with Crippen LogP contribution in [0.4, 0.5) is 0 Å². The SMILES string of the molecule is COC(=O)CC[C@@H](C)C1CCC2C3C(O[Si](C)(C)C)=CC4CCCC[C@]4(C)C3CC[C@@]21C. The second-order valence-electron chi connectivity index (χ2n) is 13.2. The molecule has 182 valence electrons. The lowest BCUT2D eigenvalue weighted by Gasteiger charge is -2.60. The molecule has 0 aromatic carbocycles. The Balaban J connectivity index is 1.63. The largest absolute Gasteiger partial charge is 0.547 e. The summed E-state index contributed by atoms with van der Waals surface area (Å²) in [5, 5.41) is 0. The minimum Gasteiger partial charge on any atom is -0.547 e. The third kappa shape index (κ3) is 4.23. The van der Waals surface area contributed by atoms with Gasteiger partial charge in [-0.05, 0) is 111 Å². The van der Waals surface area contributed by atoms with Gasteiger partial charge in [0.1, 0.15) is 0 Å². The lowest BCUT2D eigenvalue weighted by Crippen LogP contribution is -2.53. The van der Waals surface area contributed by atoms with E-state index >= 15 is 0 Å². The first-order valence-corrected chi connectivity index (χ1v) is 16.9. The normalized spacial score (nSPS) is 42.2. The van der Waals surface area contributed by atoms with Crippen molar-refractivity contribution in [2.24, 2.45) is 46.3 Å². The van der Waals surface area contributed by atoms with Crippen LogP contribution in [-0.2, 0) is 14.0 Å². The second-order valence-corrected chi connectivity index (χ2v) is 17.6. The third-order valence-corrected chi connectivity index (χ3v) is 11.2. The van der Waals surface area contributed by atoms with Crippen molar-refractivity contribution in [1.29, 1.82) is 0 Å². The standard InChI is InChI=1S/C28H48O3Si/c1-19(11-14-25(29)30-4)21-12-13-22-26-23(15-17-28(21,22)3)27(2)16-9-8-10-20(27)18-24(26)31-32(5,6)7/h18-23,26H,8-17H2,1-7H3/t19-,20?,21?,22?,23?,26?,27+,28-/m1/s1. The highest BCUT2D eigenvalue weighted by atomic mass is 28.4. The summed E-state index contributed by atoms with van der Waals surface area (Å²) in [6.07, 6.45) is 15.1. The van der Waals surface area contributed by atoms with Crippen molar-refractivity contribution in [3.05, 3.63) is 11.8 Å². The Labute approximate surface area is 198 Å². The Morgan fingerprint density at radius 2 is 1.78 bits per heavy atom. The van der Waals surface area contributed by atoms with E-state index in [1.165, 1.54) is 64.2 Å². The predicted molar refractivity (Wildman–Crippen MR) is 134 cm³/mol. The molecule has 0 aliphatic heterocycles. The summed E-state index contributed by atoms with van der Waals surface area (Å²) in [5.41, 5.74) is 0.835. The minimum atomic E-state index is -1.66. The first-order valence-electron chi connectivity index (χ1n) is 13.5. The fraction of sp³-hybridized carbons (Fsp3) is 0.893. The van der Waals surface area contributed by atoms with E-state index in [9.17, 15) is 4.79 Å². The highest BCUT2D eigenvalue weighted by Gasteiger charge is 2.61. The monoisotopic (exact) mass is 460 g/mol. The van der Waals surface area contributed by atoms with Gasteiger partial charge in [-0.2, -0.15) is 0 Å². The van der Waals surface area contributed by atoms with Crippen molar-refractivity contribution in [1.82, 2.24) is 0 Å². The van der Waals surface area contributed by atoms with Crippen molar-refractivity contribution in [2.75, 3.05) is 7.11 Å². The van der Waals surface area contributed by atoms with E-state index < -0.39 is 8.32 Å². The molecule has 0 amide bonds. The number of hydrogen-bond donors (Lipinski definition) is 0. The summed E-state index contributed by atoms with van der Waals surface area (Å²) in [6.45, 7) is 14.7. The van der Waals surface area contributed by atoms with E-state index in [1.54, 1.807) is 0 Å². The average Bonchev–Trinajstić information content (AvgIpc) is 3.08. The molecule has 0 N–H and O–H groups in total. The Kier molecular flexibility index (Phi) is 6.68. The summed E-state index contributed by atoms with van der Waals surface area (Å²) in [6, 6.07) is 0. The number of carbonyl (C=O) groups is 1. The molecule has 0 spiro atoms. The number of rotatable bonds is 6. The van der Waals surface area contributed by atoms with Gasteiger partial charge in [0, 0.05) is 12.3 Å². The van der Waals surface area contributed by atoms with Crippen LogP contribution in [0.25, 0.3) is 0 Å². The van der Waals surface area contributed by atoms with E-state index in [0.29, 0.717) is 40.9 Å². The summed E-state index contributed by atoms with van der Waals surface area (Å²) in [7, 11) is -0.148. The highest BCUT2D eigenvalue weighted by Crippen LogP contribution is 2.68. The lowest BCUT2D eigenvalue weighted by molar-refractivity contribution is -0.141. The molecule has 0 aromatic heterocycles. The number of methoxy groups -OCH3 is 1. The summed E-state index contributed by atoms with van der Waals surface area (Å²) in [4.78, 5) is 11.8. The van der Waals surface area contributed by atoms with Gasteiger partial charge in [-0.3, -0.25) is 4.79 Å². The molecule has 4 aliphatic carbocycles. The van der Waals surface area contributed by atoms with Crippen molar-refractivity contribution in [3.8, 4) is 0 Å². The maximum Gasteiger partial charge on any atom is 0.305 e. The van der Waals surface area contributed by atoms with Gasteiger partial charge in [0.15, 0.2) is 0 Å². The zero-order valence-corrected chi connectivity index (χ0v) is 22.8. The van der Waals surface area contributed by atoms with E-state index in [2.05, 4.69) is 46.5 Å². The number of fused-ring (bicyclic) bond motifs is 5. The van der Waals surface area contributed by atoms with Crippen LogP contribution >= 0.6 is 0 Å². The Morgan fingerprint density at radius 3 is 2.47 bits per heavy atom. The van der Waals surface area contributed by atoms with Gasteiger partial charge in [-0.1, -0.05) is 33.6 Å². The van der Waals surface area contributed by atoms with Crippen LogP contribution in [0.1, 0.15) is 85.0 Å². The molecule has 0 aromatic rings. The van der Waals surface area contributed by atoms with Crippen LogP contribution in [0.3, 0.4) is 0 Å². The number of carbonyl (C=O) groups excluding carboxylic acids is 1. The lowest BCUT2D eigenvalue weighted by atomic mass is 9.46. The van der Waals surface area contributed by atoms with Crippen LogP contribution in [0.15, 0.2) is 11.8 Å². The van der Waals surface area contributed by atoms with Gasteiger partial charge >= 0.3 is 5.97 Å². The molecule has 4 aliphatic rings. The number of allylic oxidation sites excluding steroid dienone is 2. The van der Waals surface area contributed by atoms with Crippen LogP contribution in [0.2, 0.25) is 19.6 Å². The molecule has 3 saturated carbocycles. The molecule has 4 heteroatoms. The van der Waals surface area contributed by atoms with Crippen LogP contribution in [0, 0.1) is 46.3 Å². The molecule has 4 rings (SSSR count).